The first-order valence-electron chi connectivity index (χ1n) is 9.90. The molecule has 27 heavy (non-hydrogen) atoms. The Morgan fingerprint density at radius 1 is 0.741 bits per heavy atom. The second-order valence-corrected chi connectivity index (χ2v) is 7.63. The molecule has 0 amide bonds. The molecule has 0 spiro atoms. The lowest BCUT2D eigenvalue weighted by Crippen LogP contribution is -2.15. The molecule has 1 aliphatic rings. The van der Waals surface area contributed by atoms with Crippen LogP contribution in [0, 0.1) is 27.7 Å². The van der Waals surface area contributed by atoms with Gasteiger partial charge in [-0.2, -0.15) is 0 Å². The lowest BCUT2D eigenvalue weighted by atomic mass is 9.93. The van der Waals surface area contributed by atoms with Gasteiger partial charge in [-0.3, -0.25) is 0 Å². The summed E-state index contributed by atoms with van der Waals surface area (Å²) in [7, 11) is 0. The van der Waals surface area contributed by atoms with E-state index in [9.17, 15) is 0 Å². The minimum absolute atomic E-state index is 1.05. The normalized spacial score (nSPS) is 14.6. The third-order valence-corrected chi connectivity index (χ3v) is 5.33. The van der Waals surface area contributed by atoms with Crippen LogP contribution in [0.4, 0.5) is 5.69 Å². The maximum absolute atomic E-state index is 2.44. The molecular formula is C26H31N. The molecule has 0 aromatic heterocycles. The summed E-state index contributed by atoms with van der Waals surface area (Å²) in [5.74, 6) is 0. The van der Waals surface area contributed by atoms with Gasteiger partial charge in [0.2, 0.25) is 0 Å². The van der Waals surface area contributed by atoms with E-state index in [-0.39, 0.29) is 0 Å². The number of hydrogen-bond acceptors (Lipinski definition) is 1. The molecule has 0 N–H and O–H groups in total. The summed E-state index contributed by atoms with van der Waals surface area (Å²) in [5, 5.41) is 0. The fraction of sp³-hybridized carbons (Fsp3) is 0.308. The van der Waals surface area contributed by atoms with Gasteiger partial charge < -0.3 is 4.90 Å². The van der Waals surface area contributed by atoms with Crippen LogP contribution in [0.5, 0.6) is 0 Å². The maximum atomic E-state index is 2.44. The maximum Gasteiger partial charge on any atom is 0.0466 e. The number of rotatable bonds is 4. The molecule has 1 heterocycles. The summed E-state index contributed by atoms with van der Waals surface area (Å²) in [4.78, 5) is 2.44. The van der Waals surface area contributed by atoms with Crippen molar-refractivity contribution in [3.8, 4) is 0 Å². The molecule has 1 heteroatoms. The highest BCUT2D eigenvalue weighted by Gasteiger charge is 2.20. The molecule has 0 fully saturated rings. The van der Waals surface area contributed by atoms with E-state index in [4.69, 9.17) is 0 Å². The van der Waals surface area contributed by atoms with Crippen LogP contribution in [0.1, 0.15) is 59.2 Å². The van der Waals surface area contributed by atoms with Crippen LogP contribution in [-0.4, -0.2) is 6.54 Å². The van der Waals surface area contributed by atoms with Crippen LogP contribution < -0.4 is 4.90 Å². The number of anilines is 1. The highest BCUT2D eigenvalue weighted by Crippen LogP contribution is 2.36. The van der Waals surface area contributed by atoms with E-state index in [1.54, 1.807) is 0 Å². The van der Waals surface area contributed by atoms with Crippen molar-refractivity contribution in [2.75, 3.05) is 11.4 Å². The van der Waals surface area contributed by atoms with E-state index in [1.165, 1.54) is 50.2 Å². The van der Waals surface area contributed by atoms with Crippen molar-refractivity contribution in [3.63, 3.8) is 0 Å². The Morgan fingerprint density at radius 3 is 1.70 bits per heavy atom. The molecule has 0 radical (unpaired) electrons. The number of hydrogen-bond donors (Lipinski definition) is 0. The smallest absolute Gasteiger partial charge is 0.0466 e. The minimum Gasteiger partial charge on any atom is -0.347 e. The number of aryl methyl sites for hydroxylation is 4. The molecule has 3 rings (SSSR count). The van der Waals surface area contributed by atoms with Gasteiger partial charge in [-0.05, 0) is 105 Å². The monoisotopic (exact) mass is 357 g/mol. The summed E-state index contributed by atoms with van der Waals surface area (Å²) in [6.07, 6.45) is 12.0. The highest BCUT2D eigenvalue weighted by atomic mass is 15.1. The van der Waals surface area contributed by atoms with E-state index in [1.807, 2.05) is 0 Å². The largest absolute Gasteiger partial charge is 0.347 e. The van der Waals surface area contributed by atoms with Crippen molar-refractivity contribution in [1.29, 1.82) is 0 Å². The van der Waals surface area contributed by atoms with Crippen molar-refractivity contribution < 1.29 is 0 Å². The second kappa shape index (κ2) is 8.00. The lowest BCUT2D eigenvalue weighted by molar-refractivity contribution is 0.989. The zero-order chi connectivity index (χ0) is 19.6. The summed E-state index contributed by atoms with van der Waals surface area (Å²) in [6.45, 7) is 14.1. The van der Waals surface area contributed by atoms with Crippen LogP contribution in [0.3, 0.4) is 0 Å². The highest BCUT2D eigenvalue weighted by molar-refractivity contribution is 5.79. The third kappa shape index (κ3) is 3.93. The van der Waals surface area contributed by atoms with Crippen LogP contribution in [0.15, 0.2) is 42.6 Å². The molecule has 1 nitrogen and oxygen atoms in total. The summed E-state index contributed by atoms with van der Waals surface area (Å²) in [6, 6.07) is 9.18. The van der Waals surface area contributed by atoms with Gasteiger partial charge in [-0.25, -0.2) is 0 Å². The summed E-state index contributed by atoms with van der Waals surface area (Å²) in [5.41, 5.74) is 12.2. The topological polar surface area (TPSA) is 3.24 Å². The summed E-state index contributed by atoms with van der Waals surface area (Å²) < 4.78 is 0. The van der Waals surface area contributed by atoms with E-state index in [0.29, 0.717) is 0 Å². The zero-order valence-corrected chi connectivity index (χ0v) is 17.6. The molecular weight excluding hydrogens is 326 g/mol. The molecule has 2 aromatic rings. The van der Waals surface area contributed by atoms with Crippen molar-refractivity contribution in [3.05, 3.63) is 81.6 Å². The Balaban J connectivity index is 1.99. The van der Waals surface area contributed by atoms with Crippen molar-refractivity contribution in [2.45, 2.75) is 48.0 Å². The predicted octanol–water partition coefficient (Wildman–Crippen LogP) is 7.24. The van der Waals surface area contributed by atoms with Gasteiger partial charge in [0.15, 0.2) is 0 Å². The Bertz CT molecular complexity index is 895. The SMILES string of the molecule is CC=Cc1cc(C)c(C2=CN(c3c(C)cc(C=CC)cc3C)CC2)c(C)c1. The molecule has 1 aliphatic heterocycles. The number of nitrogens with zero attached hydrogens (tertiary/aromatic N) is 1. The molecule has 2 aromatic carbocycles. The first kappa shape index (κ1) is 19.2. The van der Waals surface area contributed by atoms with Crippen molar-refractivity contribution in [2.24, 2.45) is 0 Å². The van der Waals surface area contributed by atoms with Gasteiger partial charge in [0, 0.05) is 18.4 Å². The lowest BCUT2D eigenvalue weighted by Gasteiger charge is -2.21. The fourth-order valence-corrected chi connectivity index (χ4v) is 4.45. The summed E-state index contributed by atoms with van der Waals surface area (Å²) >= 11 is 0. The second-order valence-electron chi connectivity index (χ2n) is 7.63. The fourth-order valence-electron chi connectivity index (χ4n) is 4.45. The van der Waals surface area contributed by atoms with Crippen LogP contribution in [0.2, 0.25) is 0 Å². The van der Waals surface area contributed by atoms with E-state index in [0.717, 1.165) is 13.0 Å². The Kier molecular flexibility index (Phi) is 5.70. The average Bonchev–Trinajstić information content (AvgIpc) is 3.03. The van der Waals surface area contributed by atoms with Crippen LogP contribution in [-0.2, 0) is 0 Å². The van der Waals surface area contributed by atoms with Crippen molar-refractivity contribution >= 4 is 23.4 Å². The number of allylic oxidation sites excluding steroid dienone is 2. The van der Waals surface area contributed by atoms with Crippen LogP contribution >= 0.6 is 0 Å². The van der Waals surface area contributed by atoms with Gasteiger partial charge in [0.1, 0.15) is 0 Å². The van der Waals surface area contributed by atoms with Gasteiger partial charge in [0.05, 0.1) is 0 Å². The molecule has 0 aliphatic carbocycles. The molecule has 0 saturated heterocycles. The van der Waals surface area contributed by atoms with Gasteiger partial charge in [-0.1, -0.05) is 36.4 Å². The van der Waals surface area contributed by atoms with E-state index in [2.05, 4.69) is 101 Å². The Morgan fingerprint density at radius 2 is 1.22 bits per heavy atom. The predicted molar refractivity (Wildman–Crippen MR) is 121 cm³/mol. The Labute approximate surface area is 164 Å². The molecule has 140 valence electrons. The van der Waals surface area contributed by atoms with Gasteiger partial charge in [-0.15, -0.1) is 0 Å². The molecule has 0 atom stereocenters. The first-order chi connectivity index (χ1) is 12.9. The van der Waals surface area contributed by atoms with Crippen LogP contribution in [0.25, 0.3) is 17.7 Å². The van der Waals surface area contributed by atoms with E-state index >= 15 is 0 Å². The van der Waals surface area contributed by atoms with Crippen molar-refractivity contribution in [1.82, 2.24) is 0 Å². The standard InChI is InChI=1S/C26H31N/c1-7-9-22-13-18(3)25(19(4)14-22)24-11-12-27(17-24)26-20(5)15-23(10-8-2)16-21(26)6/h7-10,13-17H,11-12H2,1-6H3. The van der Waals surface area contributed by atoms with Gasteiger partial charge in [0.25, 0.3) is 0 Å². The molecule has 0 bridgehead atoms. The molecule has 0 unspecified atom stereocenters. The third-order valence-electron chi connectivity index (χ3n) is 5.33. The number of benzene rings is 2. The average molecular weight is 358 g/mol. The minimum atomic E-state index is 1.05. The zero-order valence-electron chi connectivity index (χ0n) is 17.6. The first-order valence-corrected chi connectivity index (χ1v) is 9.90. The quantitative estimate of drug-likeness (QED) is 0.557. The molecule has 0 saturated carbocycles. The van der Waals surface area contributed by atoms with Gasteiger partial charge >= 0.3 is 0 Å². The van der Waals surface area contributed by atoms with E-state index < -0.39 is 0 Å². The Hall–Kier alpha value is -2.54.